The Morgan fingerprint density at radius 1 is 0.756 bits per heavy atom. The van der Waals surface area contributed by atoms with Crippen molar-refractivity contribution in [1.29, 1.82) is 0 Å². The van der Waals surface area contributed by atoms with E-state index < -0.39 is 41.3 Å². The van der Waals surface area contributed by atoms with E-state index in [1.165, 1.54) is 0 Å². The Labute approximate surface area is 266 Å². The number of likely N-dealkylation sites (N-methyl/N-ethyl adjacent to an activating group) is 1. The number of benzene rings is 2. The van der Waals surface area contributed by atoms with Gasteiger partial charge in [0, 0.05) is 68.8 Å². The van der Waals surface area contributed by atoms with Gasteiger partial charge in [0.2, 0.25) is 17.6 Å². The zero-order valence-corrected chi connectivity index (χ0v) is 27.2. The molecular weight excluding hydrogens is 570 g/mol. The van der Waals surface area contributed by atoms with Crippen LogP contribution < -0.4 is 5.32 Å². The molecule has 0 radical (unpaired) electrons. The molecule has 2 aromatic carbocycles. The molecule has 1 aliphatic heterocycles. The number of nitrogens with zero attached hydrogens (tertiary/aromatic N) is 2. The predicted octanol–water partition coefficient (Wildman–Crippen LogP) is 3.79. The normalized spacial score (nSPS) is 16.4. The standard InChI is InChI=1S/C36H47N3O6/c1-24(2)30(34(43)33(42)20-25(3)36(45)39-18-16-38(5)17-19-39)23-31(40)26(4)37-35(44)29(21-27-12-8-6-9-13-27)22-32(41)28-14-10-7-11-15-28/h6-15,24-26,29-30H,16-23H2,1-5H3,(H,37,44)/t25-,26+,29-,30+/m1/s1. The maximum atomic E-state index is 13.4. The van der Waals surface area contributed by atoms with Gasteiger partial charge in [-0.15, -0.1) is 0 Å². The number of ketones is 4. The minimum Gasteiger partial charge on any atom is -0.346 e. The first-order valence-corrected chi connectivity index (χ1v) is 15.9. The summed E-state index contributed by atoms with van der Waals surface area (Å²) in [5.74, 6) is -4.95. The summed E-state index contributed by atoms with van der Waals surface area (Å²) in [5.41, 5.74) is 1.40. The summed E-state index contributed by atoms with van der Waals surface area (Å²) in [6, 6.07) is 17.2. The Balaban J connectivity index is 1.62. The van der Waals surface area contributed by atoms with Crippen molar-refractivity contribution in [3.8, 4) is 0 Å². The number of carbonyl (C=O) groups excluding carboxylic acids is 6. The van der Waals surface area contributed by atoms with E-state index in [0.717, 1.165) is 18.7 Å². The first kappa shape index (κ1) is 35.5. The lowest BCUT2D eigenvalue weighted by Gasteiger charge is -2.34. The molecule has 9 heteroatoms. The molecule has 1 N–H and O–H groups in total. The lowest BCUT2D eigenvalue weighted by molar-refractivity contribution is -0.144. The topological polar surface area (TPSA) is 121 Å². The van der Waals surface area contributed by atoms with Gasteiger partial charge < -0.3 is 15.1 Å². The first-order chi connectivity index (χ1) is 21.4. The van der Waals surface area contributed by atoms with E-state index in [2.05, 4.69) is 10.2 Å². The van der Waals surface area contributed by atoms with Crippen LogP contribution in [-0.4, -0.2) is 84.0 Å². The average Bonchev–Trinajstić information content (AvgIpc) is 3.03. The van der Waals surface area contributed by atoms with E-state index in [1.807, 2.05) is 43.4 Å². The highest BCUT2D eigenvalue weighted by Crippen LogP contribution is 2.22. The van der Waals surface area contributed by atoms with Crippen molar-refractivity contribution < 1.29 is 28.8 Å². The molecule has 2 amide bonds. The van der Waals surface area contributed by atoms with Gasteiger partial charge in [-0.25, -0.2) is 0 Å². The smallest absolute Gasteiger partial charge is 0.225 e. The van der Waals surface area contributed by atoms with Gasteiger partial charge in [0.15, 0.2) is 17.3 Å². The molecule has 242 valence electrons. The van der Waals surface area contributed by atoms with Gasteiger partial charge in [-0.05, 0) is 31.9 Å². The largest absolute Gasteiger partial charge is 0.346 e. The van der Waals surface area contributed by atoms with Gasteiger partial charge in [-0.2, -0.15) is 0 Å². The number of hydrogen-bond donors (Lipinski definition) is 1. The summed E-state index contributed by atoms with van der Waals surface area (Å²) in [6.45, 7) is 9.45. The van der Waals surface area contributed by atoms with Gasteiger partial charge in [0.25, 0.3) is 0 Å². The highest BCUT2D eigenvalue weighted by Gasteiger charge is 2.34. The number of nitrogens with one attached hydrogen (secondary N) is 1. The molecule has 1 heterocycles. The molecule has 0 aliphatic carbocycles. The second-order valence-corrected chi connectivity index (χ2v) is 12.7. The Morgan fingerprint density at radius 3 is 1.91 bits per heavy atom. The Kier molecular flexibility index (Phi) is 13.3. The zero-order valence-electron chi connectivity index (χ0n) is 27.2. The fourth-order valence-corrected chi connectivity index (χ4v) is 5.57. The number of carbonyl (C=O) groups is 6. The SMILES string of the molecule is CC(C)[C@H](CC(=O)[C@H](C)NC(=O)[C@@H](CC(=O)c1ccccc1)Cc1ccccc1)C(=O)C(=O)C[C@@H](C)C(=O)N1CCN(C)CC1. The van der Waals surface area contributed by atoms with Crippen LogP contribution in [0.5, 0.6) is 0 Å². The van der Waals surface area contributed by atoms with E-state index >= 15 is 0 Å². The van der Waals surface area contributed by atoms with Crippen molar-refractivity contribution in [1.82, 2.24) is 15.1 Å². The molecule has 3 rings (SSSR count). The maximum absolute atomic E-state index is 13.4. The van der Waals surface area contributed by atoms with Gasteiger partial charge >= 0.3 is 0 Å². The number of amides is 2. The molecule has 9 nitrogen and oxygen atoms in total. The van der Waals surface area contributed by atoms with Crippen LogP contribution in [0, 0.1) is 23.7 Å². The summed E-state index contributed by atoms with van der Waals surface area (Å²) in [4.78, 5) is 82.8. The van der Waals surface area contributed by atoms with E-state index in [1.54, 1.807) is 56.9 Å². The Hall–Kier alpha value is -3.98. The van der Waals surface area contributed by atoms with Crippen LogP contribution in [0.2, 0.25) is 0 Å². The predicted molar refractivity (Wildman–Crippen MR) is 172 cm³/mol. The van der Waals surface area contributed by atoms with Crippen molar-refractivity contribution in [3.63, 3.8) is 0 Å². The van der Waals surface area contributed by atoms with E-state index in [4.69, 9.17) is 0 Å². The number of Topliss-reactive ketones (excluding diaryl/α,β-unsaturated/α-hetero) is 4. The number of rotatable bonds is 16. The van der Waals surface area contributed by atoms with Gasteiger partial charge in [-0.1, -0.05) is 81.4 Å². The second kappa shape index (κ2) is 16.9. The summed E-state index contributed by atoms with van der Waals surface area (Å²) < 4.78 is 0. The van der Waals surface area contributed by atoms with Crippen LogP contribution in [0.3, 0.4) is 0 Å². The van der Waals surface area contributed by atoms with Crippen LogP contribution in [0.1, 0.15) is 62.9 Å². The highest BCUT2D eigenvalue weighted by atomic mass is 16.2. The Morgan fingerprint density at radius 2 is 1.33 bits per heavy atom. The number of piperazine rings is 1. The van der Waals surface area contributed by atoms with Crippen LogP contribution in [-0.2, 0) is 30.4 Å². The second-order valence-electron chi connectivity index (χ2n) is 12.7. The van der Waals surface area contributed by atoms with Crippen LogP contribution in [0.15, 0.2) is 60.7 Å². The quantitative estimate of drug-likeness (QED) is 0.225. The molecule has 4 atom stereocenters. The van der Waals surface area contributed by atoms with Crippen molar-refractivity contribution in [2.75, 3.05) is 33.2 Å². The minimum atomic E-state index is -0.926. The molecule has 1 aliphatic rings. The van der Waals surface area contributed by atoms with Crippen LogP contribution in [0.4, 0.5) is 0 Å². The van der Waals surface area contributed by atoms with Gasteiger partial charge in [0.05, 0.1) is 6.04 Å². The maximum Gasteiger partial charge on any atom is 0.225 e. The molecule has 0 unspecified atom stereocenters. The third-order valence-electron chi connectivity index (χ3n) is 8.63. The van der Waals surface area contributed by atoms with E-state index in [-0.39, 0.29) is 42.7 Å². The molecule has 0 bridgehead atoms. The molecule has 2 aromatic rings. The lowest BCUT2D eigenvalue weighted by atomic mass is 9.82. The summed E-state index contributed by atoms with van der Waals surface area (Å²) >= 11 is 0. The summed E-state index contributed by atoms with van der Waals surface area (Å²) in [6.07, 6.45) is -0.127. The molecule has 0 spiro atoms. The van der Waals surface area contributed by atoms with Crippen LogP contribution in [0.25, 0.3) is 0 Å². The first-order valence-electron chi connectivity index (χ1n) is 15.9. The van der Waals surface area contributed by atoms with Crippen molar-refractivity contribution in [3.05, 3.63) is 71.8 Å². The van der Waals surface area contributed by atoms with Crippen molar-refractivity contribution >= 4 is 34.9 Å². The third kappa shape index (κ3) is 10.6. The van der Waals surface area contributed by atoms with E-state index in [9.17, 15) is 28.8 Å². The van der Waals surface area contributed by atoms with Gasteiger partial charge in [-0.3, -0.25) is 28.8 Å². The minimum absolute atomic E-state index is 0.0295. The Bertz CT molecular complexity index is 1340. The lowest BCUT2D eigenvalue weighted by Crippen LogP contribution is -2.49. The summed E-state index contributed by atoms with van der Waals surface area (Å²) in [7, 11) is 1.99. The molecule has 45 heavy (non-hydrogen) atoms. The van der Waals surface area contributed by atoms with Crippen molar-refractivity contribution in [2.24, 2.45) is 23.7 Å². The monoisotopic (exact) mass is 617 g/mol. The van der Waals surface area contributed by atoms with Crippen LogP contribution >= 0.6 is 0 Å². The molecule has 1 saturated heterocycles. The molecule has 1 fully saturated rings. The summed E-state index contributed by atoms with van der Waals surface area (Å²) in [5, 5.41) is 2.77. The fourth-order valence-electron chi connectivity index (χ4n) is 5.57. The zero-order chi connectivity index (χ0) is 33.1. The van der Waals surface area contributed by atoms with Gasteiger partial charge in [0.1, 0.15) is 0 Å². The molecule has 0 saturated carbocycles. The third-order valence-corrected chi connectivity index (χ3v) is 8.63. The van der Waals surface area contributed by atoms with E-state index in [0.29, 0.717) is 25.1 Å². The highest BCUT2D eigenvalue weighted by molar-refractivity contribution is 6.38. The van der Waals surface area contributed by atoms with Crippen molar-refractivity contribution in [2.45, 2.75) is 59.4 Å². The number of hydrogen-bond acceptors (Lipinski definition) is 7. The molecular formula is C36H47N3O6. The average molecular weight is 618 g/mol. The molecule has 0 aromatic heterocycles. The fraction of sp³-hybridized carbons (Fsp3) is 0.500.